The molecule has 1 aromatic carbocycles. The molecule has 0 bridgehead atoms. The van der Waals surface area contributed by atoms with Gasteiger partial charge in [0.05, 0.1) is 6.61 Å². The number of ether oxygens (including phenoxy) is 1. The summed E-state index contributed by atoms with van der Waals surface area (Å²) < 4.78 is 5.37. The summed E-state index contributed by atoms with van der Waals surface area (Å²) in [5.74, 6) is 0. The molecule has 0 amide bonds. The van der Waals surface area contributed by atoms with Gasteiger partial charge in [-0.25, -0.2) is 0 Å². The highest BCUT2D eigenvalue weighted by atomic mass is 16.5. The molecule has 2 atom stereocenters. The number of hydrogen-bond acceptors (Lipinski definition) is 5. The van der Waals surface area contributed by atoms with E-state index in [1.807, 2.05) is 20.8 Å². The van der Waals surface area contributed by atoms with E-state index in [9.17, 15) is 0 Å². The third-order valence-electron chi connectivity index (χ3n) is 3.89. The van der Waals surface area contributed by atoms with Crippen LogP contribution < -0.4 is 22.5 Å². The lowest BCUT2D eigenvalue weighted by molar-refractivity contribution is 0.0365. The van der Waals surface area contributed by atoms with E-state index in [0.29, 0.717) is 6.61 Å². The lowest BCUT2D eigenvalue weighted by atomic mass is 9.98. The number of rotatable bonds is 5. The maximum atomic E-state index is 5.99. The van der Waals surface area contributed by atoms with Crippen molar-refractivity contribution in [2.45, 2.75) is 59.2 Å². The molecule has 0 aliphatic carbocycles. The molecule has 5 heteroatoms. The average molecular weight is 308 g/mol. The summed E-state index contributed by atoms with van der Waals surface area (Å²) in [7, 11) is 0. The van der Waals surface area contributed by atoms with Crippen molar-refractivity contribution in [2.75, 3.05) is 24.6 Å². The molecular weight excluding hydrogens is 276 g/mol. The van der Waals surface area contributed by atoms with Gasteiger partial charge in [0.25, 0.3) is 0 Å². The third kappa shape index (κ3) is 5.16. The van der Waals surface area contributed by atoms with Gasteiger partial charge >= 0.3 is 0 Å². The Bertz CT molecular complexity index is 496. The first-order valence-corrected chi connectivity index (χ1v) is 8.04. The number of anilines is 2. The van der Waals surface area contributed by atoms with Gasteiger partial charge in [0.1, 0.15) is 5.72 Å². The molecule has 2 unspecified atom stereocenters. The van der Waals surface area contributed by atoms with Crippen LogP contribution >= 0.6 is 0 Å². The third-order valence-corrected chi connectivity index (χ3v) is 3.89. The van der Waals surface area contributed by atoms with Crippen molar-refractivity contribution in [1.29, 1.82) is 0 Å². The molecule has 5 nitrogen and oxygen atoms in total. The van der Waals surface area contributed by atoms with Crippen LogP contribution in [0.5, 0.6) is 0 Å². The van der Waals surface area contributed by atoms with Crippen LogP contribution in [0.3, 0.4) is 0 Å². The SMILES string of the molecule is CC(N)COC1(C)CN1.CCc1cc(C)c(N)c(CC)c1N. The molecule has 1 saturated heterocycles. The molecule has 0 aromatic heterocycles. The summed E-state index contributed by atoms with van der Waals surface area (Å²) in [5, 5.41) is 3.09. The van der Waals surface area contributed by atoms with Gasteiger partial charge < -0.3 is 21.9 Å². The van der Waals surface area contributed by atoms with E-state index >= 15 is 0 Å². The van der Waals surface area contributed by atoms with Crippen molar-refractivity contribution in [2.24, 2.45) is 5.73 Å². The maximum Gasteiger partial charge on any atom is 0.129 e. The zero-order valence-electron chi connectivity index (χ0n) is 14.6. The fourth-order valence-corrected chi connectivity index (χ4v) is 2.21. The van der Waals surface area contributed by atoms with E-state index in [1.54, 1.807) is 0 Å². The van der Waals surface area contributed by atoms with Gasteiger partial charge in [-0.2, -0.15) is 0 Å². The zero-order chi connectivity index (χ0) is 16.9. The normalized spacial score (nSPS) is 21.0. The van der Waals surface area contributed by atoms with Crippen molar-refractivity contribution in [3.8, 4) is 0 Å². The Morgan fingerprint density at radius 1 is 1.27 bits per heavy atom. The molecule has 0 radical (unpaired) electrons. The van der Waals surface area contributed by atoms with Crippen LogP contribution in [-0.2, 0) is 17.6 Å². The molecular formula is C17H32N4O. The summed E-state index contributed by atoms with van der Waals surface area (Å²) in [5.41, 5.74) is 22.6. The second kappa shape index (κ2) is 7.81. The Morgan fingerprint density at radius 2 is 1.86 bits per heavy atom. The summed E-state index contributed by atoms with van der Waals surface area (Å²) >= 11 is 0. The van der Waals surface area contributed by atoms with E-state index < -0.39 is 0 Å². The molecule has 1 aliphatic rings. The largest absolute Gasteiger partial charge is 0.398 e. The van der Waals surface area contributed by atoms with Crippen molar-refractivity contribution in [1.82, 2.24) is 5.32 Å². The number of nitrogens with one attached hydrogen (secondary N) is 1. The first kappa shape index (κ1) is 18.7. The van der Waals surface area contributed by atoms with Gasteiger partial charge in [-0.1, -0.05) is 19.9 Å². The van der Waals surface area contributed by atoms with Crippen molar-refractivity contribution in [3.05, 3.63) is 22.8 Å². The van der Waals surface area contributed by atoms with Gasteiger partial charge in [-0.05, 0) is 50.3 Å². The molecule has 0 saturated carbocycles. The fourth-order valence-electron chi connectivity index (χ4n) is 2.21. The Morgan fingerprint density at radius 3 is 2.27 bits per heavy atom. The van der Waals surface area contributed by atoms with Crippen LogP contribution in [0.2, 0.25) is 0 Å². The Kier molecular flexibility index (Phi) is 6.66. The second-order valence-corrected chi connectivity index (χ2v) is 6.24. The van der Waals surface area contributed by atoms with Crippen LogP contribution in [0.4, 0.5) is 11.4 Å². The number of nitrogen functional groups attached to an aromatic ring is 2. The maximum absolute atomic E-state index is 5.99. The highest BCUT2D eigenvalue weighted by Gasteiger charge is 2.37. The Labute approximate surface area is 134 Å². The first-order chi connectivity index (χ1) is 10.2. The molecule has 1 aliphatic heterocycles. The van der Waals surface area contributed by atoms with Gasteiger partial charge in [0.2, 0.25) is 0 Å². The average Bonchev–Trinajstić information content (AvgIpc) is 3.20. The molecule has 1 heterocycles. The Balaban J connectivity index is 0.000000235. The lowest BCUT2D eigenvalue weighted by Crippen LogP contribution is -2.27. The van der Waals surface area contributed by atoms with Crippen LogP contribution in [-0.4, -0.2) is 24.9 Å². The molecule has 7 N–H and O–H groups in total. The minimum Gasteiger partial charge on any atom is -0.398 e. The summed E-state index contributed by atoms with van der Waals surface area (Å²) in [6, 6.07) is 2.23. The first-order valence-electron chi connectivity index (χ1n) is 8.04. The number of nitrogens with two attached hydrogens (primary N) is 3. The second-order valence-electron chi connectivity index (χ2n) is 6.24. The van der Waals surface area contributed by atoms with Gasteiger partial charge in [-0.15, -0.1) is 0 Å². The van der Waals surface area contributed by atoms with Crippen molar-refractivity contribution < 1.29 is 4.74 Å². The Hall–Kier alpha value is -1.30. The quantitative estimate of drug-likeness (QED) is 0.491. The number of hydrogen-bond donors (Lipinski definition) is 4. The van der Waals surface area contributed by atoms with Crippen LogP contribution in [0.1, 0.15) is 44.4 Å². The smallest absolute Gasteiger partial charge is 0.129 e. The topological polar surface area (TPSA) is 109 Å². The highest BCUT2D eigenvalue weighted by Crippen LogP contribution is 2.28. The number of benzene rings is 1. The summed E-state index contributed by atoms with van der Waals surface area (Å²) in [4.78, 5) is 0. The summed E-state index contributed by atoms with van der Waals surface area (Å²) in [6.45, 7) is 11.8. The van der Waals surface area contributed by atoms with Crippen molar-refractivity contribution in [3.63, 3.8) is 0 Å². The summed E-state index contributed by atoms with van der Waals surface area (Å²) in [6.07, 6.45) is 1.88. The molecule has 1 aromatic rings. The van der Waals surface area contributed by atoms with E-state index in [-0.39, 0.29) is 11.8 Å². The van der Waals surface area contributed by atoms with Crippen LogP contribution in [0.15, 0.2) is 6.07 Å². The van der Waals surface area contributed by atoms with Gasteiger partial charge in [0, 0.05) is 24.0 Å². The predicted octanol–water partition coefficient (Wildman–Crippen LogP) is 1.95. The molecule has 1 fully saturated rings. The van der Waals surface area contributed by atoms with Crippen LogP contribution in [0, 0.1) is 6.92 Å². The zero-order valence-corrected chi connectivity index (χ0v) is 14.6. The fraction of sp³-hybridized carbons (Fsp3) is 0.647. The van der Waals surface area contributed by atoms with Gasteiger partial charge in [0.15, 0.2) is 0 Å². The minimum absolute atomic E-state index is 0.0480. The van der Waals surface area contributed by atoms with Crippen LogP contribution in [0.25, 0.3) is 0 Å². The highest BCUT2D eigenvalue weighted by molar-refractivity contribution is 5.68. The van der Waals surface area contributed by atoms with Crippen molar-refractivity contribution >= 4 is 11.4 Å². The molecule has 2 rings (SSSR count). The minimum atomic E-state index is -0.0480. The molecule has 0 spiro atoms. The van der Waals surface area contributed by atoms with E-state index in [0.717, 1.165) is 41.9 Å². The van der Waals surface area contributed by atoms with E-state index in [4.69, 9.17) is 21.9 Å². The van der Waals surface area contributed by atoms with E-state index in [1.165, 1.54) is 5.56 Å². The monoisotopic (exact) mass is 308 g/mol. The molecule has 22 heavy (non-hydrogen) atoms. The van der Waals surface area contributed by atoms with E-state index in [2.05, 4.69) is 25.2 Å². The van der Waals surface area contributed by atoms with Gasteiger partial charge in [-0.3, -0.25) is 5.32 Å². The number of aryl methyl sites for hydroxylation is 2. The predicted molar refractivity (Wildman–Crippen MR) is 94.8 cm³/mol. The molecule has 126 valence electrons. The standard InChI is InChI=1S/C11H18N2.C6H14N2O/c1-4-8-6-7(3)10(12)9(5-2)11(8)13;1-5(7)3-9-6(2)4-8-6/h6H,4-5,12-13H2,1-3H3;5,8H,3-4,7H2,1-2H3. The lowest BCUT2D eigenvalue weighted by Gasteiger charge is -2.14.